The van der Waals surface area contributed by atoms with Crippen LogP contribution in [0.15, 0.2) is 35.3 Å². The lowest BCUT2D eigenvalue weighted by Crippen LogP contribution is -2.47. The number of methoxy groups -OCH3 is 1. The van der Waals surface area contributed by atoms with Gasteiger partial charge in [0.2, 0.25) is 5.60 Å². The smallest absolute Gasteiger partial charge is 0.425 e. The maximum atomic E-state index is 13.9. The van der Waals surface area contributed by atoms with Crippen molar-refractivity contribution >= 4 is 12.0 Å². The van der Waals surface area contributed by atoms with Crippen molar-refractivity contribution in [1.82, 2.24) is 4.90 Å². The third-order valence-electron chi connectivity index (χ3n) is 4.61. The molecule has 0 aromatic heterocycles. The average Bonchev–Trinajstić information content (AvgIpc) is 2.69. The van der Waals surface area contributed by atoms with Crippen molar-refractivity contribution in [1.29, 1.82) is 0 Å². The van der Waals surface area contributed by atoms with Crippen molar-refractivity contribution in [3.8, 4) is 11.5 Å². The van der Waals surface area contributed by atoms with Crippen LogP contribution in [0.4, 0.5) is 27.6 Å². The van der Waals surface area contributed by atoms with E-state index >= 15 is 0 Å². The number of hydrogen-bond donors (Lipinski definition) is 1. The van der Waals surface area contributed by atoms with Gasteiger partial charge in [-0.3, -0.25) is 0 Å². The zero-order valence-corrected chi connectivity index (χ0v) is 17.4. The molecule has 0 amide bonds. The van der Waals surface area contributed by atoms with Gasteiger partial charge in [-0.2, -0.15) is 13.2 Å². The molecular formula is C21H23F5N2O3. The van der Waals surface area contributed by atoms with Crippen LogP contribution in [0.2, 0.25) is 0 Å². The Morgan fingerprint density at radius 2 is 1.71 bits per heavy atom. The summed E-state index contributed by atoms with van der Waals surface area (Å²) in [5, 5.41) is 10.6. The molecule has 10 heteroatoms. The first-order chi connectivity index (χ1) is 14.4. The highest BCUT2D eigenvalue weighted by Gasteiger charge is 2.57. The molecule has 0 spiro atoms. The van der Waals surface area contributed by atoms with Gasteiger partial charge in [0, 0.05) is 43.4 Å². The Labute approximate surface area is 176 Å². The lowest BCUT2D eigenvalue weighted by molar-refractivity contribution is -0.275. The van der Waals surface area contributed by atoms with E-state index in [9.17, 15) is 27.1 Å². The minimum atomic E-state index is -5.19. The van der Waals surface area contributed by atoms with Crippen LogP contribution < -0.4 is 9.47 Å². The van der Waals surface area contributed by atoms with E-state index in [1.165, 1.54) is 19.3 Å². The van der Waals surface area contributed by atoms with Crippen LogP contribution in [-0.4, -0.2) is 49.8 Å². The zero-order valence-electron chi connectivity index (χ0n) is 17.4. The largest absolute Gasteiger partial charge is 0.496 e. The number of halogens is 5. The van der Waals surface area contributed by atoms with Gasteiger partial charge in [-0.15, -0.1) is 0 Å². The number of aliphatic hydroxyl groups is 1. The van der Waals surface area contributed by atoms with Crippen LogP contribution in [0, 0.1) is 18.6 Å². The molecule has 2 rings (SSSR count). The van der Waals surface area contributed by atoms with Gasteiger partial charge in [-0.25, -0.2) is 13.8 Å². The predicted molar refractivity (Wildman–Crippen MR) is 106 cm³/mol. The van der Waals surface area contributed by atoms with Gasteiger partial charge in [0.1, 0.15) is 29.7 Å². The number of benzene rings is 2. The molecule has 5 nitrogen and oxygen atoms in total. The highest BCUT2D eigenvalue weighted by molar-refractivity contribution is 5.65. The summed E-state index contributed by atoms with van der Waals surface area (Å²) >= 11 is 0. The van der Waals surface area contributed by atoms with E-state index in [2.05, 4.69) is 4.99 Å². The lowest BCUT2D eigenvalue weighted by atomic mass is 9.91. The van der Waals surface area contributed by atoms with Crippen molar-refractivity contribution in [3.63, 3.8) is 0 Å². The second-order valence-corrected chi connectivity index (χ2v) is 6.91. The normalized spacial score (nSPS) is 13.9. The lowest BCUT2D eigenvalue weighted by Gasteiger charge is -2.32. The molecule has 0 fully saturated rings. The van der Waals surface area contributed by atoms with Gasteiger partial charge >= 0.3 is 6.18 Å². The fourth-order valence-electron chi connectivity index (χ4n) is 2.66. The number of rotatable bonds is 8. The number of aryl methyl sites for hydroxylation is 1. The van der Waals surface area contributed by atoms with Gasteiger partial charge in [0.05, 0.1) is 19.1 Å². The number of nitrogens with zero attached hydrogens (tertiary/aromatic N) is 2. The SMILES string of the molecule is CCN(C)C=Nc1cc(OC)c(C(O)(COc2cc(F)cc(F)c2)C(F)(F)F)cc1C. The van der Waals surface area contributed by atoms with Crippen LogP contribution >= 0.6 is 0 Å². The van der Waals surface area contributed by atoms with E-state index in [4.69, 9.17) is 9.47 Å². The fourth-order valence-corrected chi connectivity index (χ4v) is 2.66. The quantitative estimate of drug-likeness (QED) is 0.362. The van der Waals surface area contributed by atoms with Crippen LogP contribution in [0.5, 0.6) is 11.5 Å². The third kappa shape index (κ3) is 5.63. The van der Waals surface area contributed by atoms with Crippen molar-refractivity contribution < 1.29 is 36.5 Å². The standard InChI is InChI=1S/C21H23F5N2O3/c1-5-28(3)12-27-18-10-19(30-4)17(6-13(18)2)20(29,21(24,25)26)11-31-16-8-14(22)7-15(23)9-16/h6-10,12,29H,5,11H2,1-4H3. The summed E-state index contributed by atoms with van der Waals surface area (Å²) in [4.78, 5) is 5.99. The minimum Gasteiger partial charge on any atom is -0.496 e. The molecule has 31 heavy (non-hydrogen) atoms. The average molecular weight is 446 g/mol. The Morgan fingerprint density at radius 1 is 1.10 bits per heavy atom. The molecule has 2 aromatic rings. The first-order valence-corrected chi connectivity index (χ1v) is 9.22. The second-order valence-electron chi connectivity index (χ2n) is 6.91. The molecule has 1 N–H and O–H groups in total. The first kappa shape index (κ1) is 24.4. The van der Waals surface area contributed by atoms with Crippen LogP contribution in [0.3, 0.4) is 0 Å². The molecule has 170 valence electrons. The maximum absolute atomic E-state index is 13.9. The second kappa shape index (κ2) is 9.51. The number of alkyl halides is 3. The van der Waals surface area contributed by atoms with Gasteiger partial charge in [-0.05, 0) is 25.5 Å². The number of aliphatic imine (C=N–C) groups is 1. The summed E-state index contributed by atoms with van der Waals surface area (Å²) < 4.78 is 78.5. The summed E-state index contributed by atoms with van der Waals surface area (Å²) in [7, 11) is 2.93. The molecular weight excluding hydrogens is 423 g/mol. The van der Waals surface area contributed by atoms with E-state index in [1.807, 2.05) is 6.92 Å². The number of hydrogen-bond acceptors (Lipinski definition) is 4. The summed E-state index contributed by atoms with van der Waals surface area (Å²) in [5.41, 5.74) is -3.44. The van der Waals surface area contributed by atoms with Crippen molar-refractivity contribution in [3.05, 3.63) is 53.1 Å². The Hall–Kier alpha value is -2.88. The summed E-state index contributed by atoms with van der Waals surface area (Å²) in [6.07, 6.45) is -3.68. The molecule has 0 aliphatic rings. The van der Waals surface area contributed by atoms with Crippen LogP contribution in [0.1, 0.15) is 18.1 Å². The van der Waals surface area contributed by atoms with E-state index in [0.29, 0.717) is 36.0 Å². The zero-order chi connectivity index (χ0) is 23.4. The molecule has 2 aromatic carbocycles. The predicted octanol–water partition coefficient (Wildman–Crippen LogP) is 4.72. The Bertz CT molecular complexity index is 929. The van der Waals surface area contributed by atoms with Crippen LogP contribution in [0.25, 0.3) is 0 Å². The Balaban J connectivity index is 2.49. The third-order valence-corrected chi connectivity index (χ3v) is 4.61. The fraction of sp³-hybridized carbons (Fsp3) is 0.381. The maximum Gasteiger partial charge on any atom is 0.425 e. The highest BCUT2D eigenvalue weighted by Crippen LogP contribution is 2.45. The van der Waals surface area contributed by atoms with Gasteiger partial charge in [0.25, 0.3) is 0 Å². The molecule has 0 saturated heterocycles. The molecule has 0 heterocycles. The molecule has 0 radical (unpaired) electrons. The monoisotopic (exact) mass is 446 g/mol. The number of ether oxygens (including phenoxy) is 2. The van der Waals surface area contributed by atoms with Crippen LogP contribution in [-0.2, 0) is 5.60 Å². The molecule has 1 atom stereocenters. The Morgan fingerprint density at radius 3 is 2.23 bits per heavy atom. The van der Waals surface area contributed by atoms with Crippen molar-refractivity contribution in [2.24, 2.45) is 4.99 Å². The molecule has 0 bridgehead atoms. The van der Waals surface area contributed by atoms with Crippen molar-refractivity contribution in [2.45, 2.75) is 25.6 Å². The van der Waals surface area contributed by atoms with Crippen molar-refractivity contribution in [2.75, 3.05) is 27.3 Å². The summed E-state index contributed by atoms with van der Waals surface area (Å²) in [6, 6.07) is 4.34. The minimum absolute atomic E-state index is 0.272. The summed E-state index contributed by atoms with van der Waals surface area (Å²) in [5.74, 6) is -2.83. The Kier molecular flexibility index (Phi) is 7.48. The molecule has 1 unspecified atom stereocenters. The van der Waals surface area contributed by atoms with E-state index in [1.54, 1.807) is 11.9 Å². The van der Waals surface area contributed by atoms with E-state index in [0.717, 1.165) is 13.2 Å². The highest BCUT2D eigenvalue weighted by atomic mass is 19.4. The van der Waals surface area contributed by atoms with E-state index in [-0.39, 0.29) is 5.75 Å². The van der Waals surface area contributed by atoms with Gasteiger partial charge < -0.3 is 19.5 Å². The topological polar surface area (TPSA) is 54.3 Å². The van der Waals surface area contributed by atoms with Gasteiger partial charge in [-0.1, -0.05) is 0 Å². The summed E-state index contributed by atoms with van der Waals surface area (Å²) in [6.45, 7) is 2.75. The first-order valence-electron chi connectivity index (χ1n) is 9.22. The molecule has 0 aliphatic heterocycles. The van der Waals surface area contributed by atoms with E-state index < -0.39 is 41.3 Å². The molecule has 0 aliphatic carbocycles. The molecule has 0 saturated carbocycles. The van der Waals surface area contributed by atoms with Gasteiger partial charge in [0.15, 0.2) is 0 Å².